The number of azide groups is 1. The van der Waals surface area contributed by atoms with Crippen LogP contribution in [0.2, 0.25) is 0 Å². The summed E-state index contributed by atoms with van der Waals surface area (Å²) in [5.74, 6) is 0. The van der Waals surface area contributed by atoms with Crippen LogP contribution in [0.3, 0.4) is 0 Å². The van der Waals surface area contributed by atoms with Crippen molar-refractivity contribution in [1.82, 2.24) is 0 Å². The summed E-state index contributed by atoms with van der Waals surface area (Å²) in [6.07, 6.45) is 11.0. The van der Waals surface area contributed by atoms with Gasteiger partial charge in [-0.25, -0.2) is 0 Å². The van der Waals surface area contributed by atoms with E-state index in [1.54, 1.807) is 0 Å². The summed E-state index contributed by atoms with van der Waals surface area (Å²) in [4.78, 5) is 2.73. The van der Waals surface area contributed by atoms with Crippen LogP contribution in [-0.4, -0.2) is 6.54 Å². The fourth-order valence-electron chi connectivity index (χ4n) is 1.57. The Bertz CT molecular complexity index is 365. The molecule has 0 aliphatic rings. The zero-order valence-electron chi connectivity index (χ0n) is 12.1. The fraction of sp³-hybridized carbons (Fsp3) is 0.600. The van der Waals surface area contributed by atoms with Crippen LogP contribution in [0.4, 0.5) is 0 Å². The molecule has 0 aromatic rings. The maximum Gasteiger partial charge on any atom is 0.0442 e. The minimum absolute atomic E-state index is 0.464. The van der Waals surface area contributed by atoms with Crippen molar-refractivity contribution < 1.29 is 0 Å². The molecule has 0 saturated carbocycles. The van der Waals surface area contributed by atoms with E-state index in [4.69, 9.17) is 5.53 Å². The second-order valence-corrected chi connectivity index (χ2v) is 4.87. The Labute approximate surface area is 111 Å². The predicted molar refractivity (Wildman–Crippen MR) is 79.4 cm³/mol. The van der Waals surface area contributed by atoms with Gasteiger partial charge in [-0.15, -0.1) is 0 Å². The van der Waals surface area contributed by atoms with E-state index in [1.165, 1.54) is 16.7 Å². The zero-order chi connectivity index (χ0) is 13.8. The molecule has 3 nitrogen and oxygen atoms in total. The van der Waals surface area contributed by atoms with Crippen molar-refractivity contribution in [1.29, 1.82) is 0 Å². The molecule has 0 N–H and O–H groups in total. The van der Waals surface area contributed by atoms with E-state index in [9.17, 15) is 0 Å². The lowest BCUT2D eigenvalue weighted by Gasteiger charge is -2.00. The van der Waals surface area contributed by atoms with Gasteiger partial charge in [0, 0.05) is 11.5 Å². The standard InChI is InChI=1S/C15H25N3/c1-13(2)7-5-8-14(3)9-6-10-15(4)11-12-17-18-16/h7,9,11H,5-6,8,10,12H2,1-4H3/b14-9+,15-11+. The number of allylic oxidation sites excluding steroid dienone is 5. The molecule has 0 spiro atoms. The van der Waals surface area contributed by atoms with Crippen LogP contribution < -0.4 is 0 Å². The van der Waals surface area contributed by atoms with Crippen molar-refractivity contribution in [2.75, 3.05) is 6.54 Å². The largest absolute Gasteiger partial charge is 0.0899 e. The van der Waals surface area contributed by atoms with Gasteiger partial charge in [0.2, 0.25) is 0 Å². The predicted octanol–water partition coefficient (Wildman–Crippen LogP) is 5.72. The molecule has 0 aromatic heterocycles. The smallest absolute Gasteiger partial charge is 0.0442 e. The van der Waals surface area contributed by atoms with Crippen molar-refractivity contribution in [2.45, 2.75) is 53.4 Å². The molecule has 0 aromatic carbocycles. The number of hydrogen-bond donors (Lipinski definition) is 0. The minimum Gasteiger partial charge on any atom is -0.0899 e. The van der Waals surface area contributed by atoms with Gasteiger partial charge >= 0.3 is 0 Å². The Morgan fingerprint density at radius 2 is 1.50 bits per heavy atom. The van der Waals surface area contributed by atoms with E-state index in [0.717, 1.165) is 25.7 Å². The van der Waals surface area contributed by atoms with E-state index in [-0.39, 0.29) is 0 Å². The Morgan fingerprint density at radius 1 is 0.944 bits per heavy atom. The molecule has 0 atom stereocenters. The summed E-state index contributed by atoms with van der Waals surface area (Å²) in [5.41, 5.74) is 12.3. The molecule has 0 unspecified atom stereocenters. The first-order valence-corrected chi connectivity index (χ1v) is 6.51. The lowest BCUT2D eigenvalue weighted by atomic mass is 10.1. The Kier molecular flexibility index (Phi) is 9.80. The summed E-state index contributed by atoms with van der Waals surface area (Å²) in [7, 11) is 0. The summed E-state index contributed by atoms with van der Waals surface area (Å²) in [6, 6.07) is 0. The Balaban J connectivity index is 3.89. The molecule has 100 valence electrons. The third-order valence-electron chi connectivity index (χ3n) is 2.71. The molecule has 0 rings (SSSR count). The molecule has 0 bridgehead atoms. The molecular formula is C15H25N3. The highest BCUT2D eigenvalue weighted by atomic mass is 15.1. The van der Waals surface area contributed by atoms with Gasteiger partial charge in [-0.2, -0.15) is 0 Å². The first-order valence-electron chi connectivity index (χ1n) is 6.51. The van der Waals surface area contributed by atoms with Crippen LogP contribution in [0.25, 0.3) is 10.4 Å². The van der Waals surface area contributed by atoms with E-state index >= 15 is 0 Å². The minimum atomic E-state index is 0.464. The molecule has 18 heavy (non-hydrogen) atoms. The SMILES string of the molecule is CC(C)=CCC/C(C)=C/CC/C(C)=C/CN=[N+]=[N-]. The first kappa shape index (κ1) is 16.5. The molecule has 0 fully saturated rings. The van der Waals surface area contributed by atoms with Crippen molar-refractivity contribution in [2.24, 2.45) is 5.11 Å². The highest BCUT2D eigenvalue weighted by molar-refractivity contribution is 5.05. The third kappa shape index (κ3) is 11.0. The van der Waals surface area contributed by atoms with Gasteiger partial charge in [-0.3, -0.25) is 0 Å². The van der Waals surface area contributed by atoms with Crippen LogP contribution in [-0.2, 0) is 0 Å². The molecule has 0 saturated heterocycles. The quantitative estimate of drug-likeness (QED) is 0.228. The van der Waals surface area contributed by atoms with Gasteiger partial charge in [-0.05, 0) is 58.9 Å². The van der Waals surface area contributed by atoms with Gasteiger partial charge in [-0.1, -0.05) is 40.1 Å². The molecule has 0 aliphatic heterocycles. The van der Waals surface area contributed by atoms with Gasteiger partial charge in [0.25, 0.3) is 0 Å². The van der Waals surface area contributed by atoms with E-state index in [0.29, 0.717) is 6.54 Å². The second kappa shape index (κ2) is 10.7. The average molecular weight is 247 g/mol. The molecular weight excluding hydrogens is 222 g/mol. The normalized spacial score (nSPS) is 12.0. The second-order valence-electron chi connectivity index (χ2n) is 4.87. The number of nitrogens with zero attached hydrogens (tertiary/aromatic N) is 3. The molecule has 0 aliphatic carbocycles. The van der Waals surface area contributed by atoms with Gasteiger partial charge < -0.3 is 0 Å². The zero-order valence-corrected chi connectivity index (χ0v) is 12.1. The van der Waals surface area contributed by atoms with Crippen LogP contribution in [0, 0.1) is 0 Å². The lowest BCUT2D eigenvalue weighted by molar-refractivity contribution is 0.914. The molecule has 0 heterocycles. The Hall–Kier alpha value is -1.47. The molecule has 3 heteroatoms. The van der Waals surface area contributed by atoms with Gasteiger partial charge in [0.1, 0.15) is 0 Å². The van der Waals surface area contributed by atoms with Gasteiger partial charge in [0.05, 0.1) is 0 Å². The van der Waals surface area contributed by atoms with Crippen molar-refractivity contribution in [3.05, 3.63) is 45.4 Å². The molecule has 0 radical (unpaired) electrons. The number of hydrogen-bond acceptors (Lipinski definition) is 1. The maximum atomic E-state index is 8.16. The maximum absolute atomic E-state index is 8.16. The van der Waals surface area contributed by atoms with Crippen molar-refractivity contribution >= 4 is 0 Å². The summed E-state index contributed by atoms with van der Waals surface area (Å²) in [5, 5.41) is 3.49. The summed E-state index contributed by atoms with van der Waals surface area (Å²) in [6.45, 7) is 9.01. The highest BCUT2D eigenvalue weighted by Crippen LogP contribution is 2.11. The Morgan fingerprint density at radius 3 is 2.06 bits per heavy atom. The fourth-order valence-corrected chi connectivity index (χ4v) is 1.57. The monoisotopic (exact) mass is 247 g/mol. The summed E-state index contributed by atoms with van der Waals surface area (Å²) < 4.78 is 0. The van der Waals surface area contributed by atoms with Crippen LogP contribution in [0.1, 0.15) is 53.4 Å². The van der Waals surface area contributed by atoms with E-state index < -0.39 is 0 Å². The first-order chi connectivity index (χ1) is 8.56. The van der Waals surface area contributed by atoms with Crippen LogP contribution in [0.5, 0.6) is 0 Å². The van der Waals surface area contributed by atoms with Crippen molar-refractivity contribution in [3.8, 4) is 0 Å². The summed E-state index contributed by atoms with van der Waals surface area (Å²) >= 11 is 0. The third-order valence-corrected chi connectivity index (χ3v) is 2.71. The lowest BCUT2D eigenvalue weighted by Crippen LogP contribution is -1.81. The number of rotatable bonds is 8. The van der Waals surface area contributed by atoms with Gasteiger partial charge in [0.15, 0.2) is 0 Å². The van der Waals surface area contributed by atoms with E-state index in [2.05, 4.69) is 49.9 Å². The van der Waals surface area contributed by atoms with E-state index in [1.807, 2.05) is 6.08 Å². The average Bonchev–Trinajstić information content (AvgIpc) is 2.29. The van der Waals surface area contributed by atoms with Crippen LogP contribution >= 0.6 is 0 Å². The van der Waals surface area contributed by atoms with Crippen molar-refractivity contribution in [3.63, 3.8) is 0 Å². The van der Waals surface area contributed by atoms with Crippen LogP contribution in [0.15, 0.2) is 40.1 Å². The molecule has 0 amide bonds. The highest BCUT2D eigenvalue weighted by Gasteiger charge is 1.91. The topological polar surface area (TPSA) is 48.8 Å².